The highest BCUT2D eigenvalue weighted by atomic mass is 16.5. The molecule has 110 valence electrons. The molecule has 2 rings (SSSR count). The molecule has 0 bridgehead atoms. The first kappa shape index (κ1) is 14.7. The van der Waals surface area contributed by atoms with Gasteiger partial charge in [0.15, 0.2) is 0 Å². The van der Waals surface area contributed by atoms with Crippen molar-refractivity contribution in [3.8, 4) is 0 Å². The van der Waals surface area contributed by atoms with Gasteiger partial charge in [0.1, 0.15) is 0 Å². The third-order valence-corrected chi connectivity index (χ3v) is 3.66. The van der Waals surface area contributed by atoms with Crippen molar-refractivity contribution in [1.29, 1.82) is 0 Å². The molecule has 2 aliphatic heterocycles. The van der Waals surface area contributed by atoms with E-state index in [1.807, 2.05) is 0 Å². The molecule has 2 atom stereocenters. The molecule has 0 aromatic heterocycles. The van der Waals surface area contributed by atoms with Crippen LogP contribution in [-0.2, 0) is 9.53 Å². The zero-order valence-electron chi connectivity index (χ0n) is 11.8. The molecule has 2 saturated heterocycles. The number of β-amino-alcohol motifs (C(OH)–C–C–N with tert-alkyl or cyclic N) is 1. The molecule has 6 nitrogen and oxygen atoms in total. The van der Waals surface area contributed by atoms with E-state index >= 15 is 0 Å². The SMILES string of the molecule is CC1(C)CN(CCNC(=O)C2CC(O)CN2)CCO1. The molecule has 1 amide bonds. The summed E-state index contributed by atoms with van der Waals surface area (Å²) in [5.41, 5.74) is -0.0978. The summed E-state index contributed by atoms with van der Waals surface area (Å²) < 4.78 is 5.65. The summed E-state index contributed by atoms with van der Waals surface area (Å²) in [6, 6.07) is -0.240. The average Bonchev–Trinajstić information content (AvgIpc) is 2.74. The third kappa shape index (κ3) is 4.42. The average molecular weight is 271 g/mol. The van der Waals surface area contributed by atoms with E-state index in [0.717, 1.165) is 26.2 Å². The maximum Gasteiger partial charge on any atom is 0.237 e. The van der Waals surface area contributed by atoms with Crippen molar-refractivity contribution in [3.05, 3.63) is 0 Å². The molecule has 3 N–H and O–H groups in total. The van der Waals surface area contributed by atoms with Crippen molar-refractivity contribution in [2.24, 2.45) is 0 Å². The molecular weight excluding hydrogens is 246 g/mol. The van der Waals surface area contributed by atoms with Crippen molar-refractivity contribution in [2.75, 3.05) is 39.3 Å². The fourth-order valence-electron chi connectivity index (χ4n) is 2.68. The van der Waals surface area contributed by atoms with Gasteiger partial charge in [-0.2, -0.15) is 0 Å². The van der Waals surface area contributed by atoms with Gasteiger partial charge in [-0.15, -0.1) is 0 Å². The van der Waals surface area contributed by atoms with Gasteiger partial charge in [0.25, 0.3) is 0 Å². The van der Waals surface area contributed by atoms with Crippen LogP contribution >= 0.6 is 0 Å². The van der Waals surface area contributed by atoms with Crippen LogP contribution < -0.4 is 10.6 Å². The van der Waals surface area contributed by atoms with Crippen LogP contribution in [0, 0.1) is 0 Å². The summed E-state index contributed by atoms with van der Waals surface area (Å²) in [5.74, 6) is -0.0101. The van der Waals surface area contributed by atoms with E-state index in [4.69, 9.17) is 4.74 Å². The third-order valence-electron chi connectivity index (χ3n) is 3.66. The van der Waals surface area contributed by atoms with E-state index in [9.17, 15) is 9.90 Å². The quantitative estimate of drug-likeness (QED) is 0.607. The molecule has 6 heteroatoms. The molecule has 2 heterocycles. The number of nitrogens with one attached hydrogen (secondary N) is 2. The number of carbonyl (C=O) groups is 1. The molecule has 2 aliphatic rings. The number of aliphatic hydroxyl groups excluding tert-OH is 1. The van der Waals surface area contributed by atoms with Gasteiger partial charge < -0.3 is 20.5 Å². The number of ether oxygens (including phenoxy) is 1. The van der Waals surface area contributed by atoms with Crippen LogP contribution in [-0.4, -0.2) is 73.0 Å². The van der Waals surface area contributed by atoms with Gasteiger partial charge >= 0.3 is 0 Å². The van der Waals surface area contributed by atoms with Crippen molar-refractivity contribution >= 4 is 5.91 Å². The summed E-state index contributed by atoms with van der Waals surface area (Å²) in [4.78, 5) is 14.1. The van der Waals surface area contributed by atoms with Crippen LogP contribution in [0.25, 0.3) is 0 Å². The van der Waals surface area contributed by atoms with E-state index in [0.29, 0.717) is 19.5 Å². The molecule has 0 aromatic carbocycles. The van der Waals surface area contributed by atoms with Gasteiger partial charge in [-0.1, -0.05) is 0 Å². The predicted molar refractivity (Wildman–Crippen MR) is 71.9 cm³/mol. The van der Waals surface area contributed by atoms with E-state index in [-0.39, 0.29) is 17.6 Å². The minimum Gasteiger partial charge on any atom is -0.392 e. The Bertz CT molecular complexity index is 322. The first-order chi connectivity index (χ1) is 8.96. The number of amides is 1. The summed E-state index contributed by atoms with van der Waals surface area (Å²) in [6.45, 7) is 8.72. The summed E-state index contributed by atoms with van der Waals surface area (Å²) in [7, 11) is 0. The Morgan fingerprint density at radius 2 is 2.37 bits per heavy atom. The Morgan fingerprint density at radius 3 is 3.00 bits per heavy atom. The highest BCUT2D eigenvalue weighted by molar-refractivity contribution is 5.82. The Hall–Kier alpha value is -0.690. The van der Waals surface area contributed by atoms with Crippen LogP contribution in [0.15, 0.2) is 0 Å². The second-order valence-electron chi connectivity index (χ2n) is 6.03. The number of aliphatic hydroxyl groups is 1. The van der Waals surface area contributed by atoms with Crippen molar-refractivity contribution < 1.29 is 14.6 Å². The van der Waals surface area contributed by atoms with Crippen molar-refractivity contribution in [1.82, 2.24) is 15.5 Å². The minimum absolute atomic E-state index is 0.0101. The number of hydrogen-bond acceptors (Lipinski definition) is 5. The van der Waals surface area contributed by atoms with Gasteiger partial charge in [-0.05, 0) is 20.3 Å². The number of carbonyl (C=O) groups excluding carboxylic acids is 1. The molecule has 2 unspecified atom stereocenters. The van der Waals surface area contributed by atoms with Crippen LogP contribution in [0.1, 0.15) is 20.3 Å². The van der Waals surface area contributed by atoms with Crippen molar-refractivity contribution in [2.45, 2.75) is 38.0 Å². The second-order valence-corrected chi connectivity index (χ2v) is 6.03. The van der Waals surface area contributed by atoms with E-state index < -0.39 is 6.10 Å². The smallest absolute Gasteiger partial charge is 0.237 e. The molecule has 0 spiro atoms. The Kier molecular flexibility index (Phi) is 4.78. The summed E-state index contributed by atoms with van der Waals surface area (Å²) >= 11 is 0. The van der Waals surface area contributed by atoms with Crippen LogP contribution in [0.5, 0.6) is 0 Å². The maximum atomic E-state index is 11.8. The highest BCUT2D eigenvalue weighted by Gasteiger charge is 2.29. The zero-order chi connectivity index (χ0) is 13.9. The summed E-state index contributed by atoms with van der Waals surface area (Å²) in [5, 5.41) is 15.3. The molecule has 0 aliphatic carbocycles. The fourth-order valence-corrected chi connectivity index (χ4v) is 2.68. The van der Waals surface area contributed by atoms with E-state index in [1.165, 1.54) is 0 Å². The topological polar surface area (TPSA) is 73.8 Å². The Morgan fingerprint density at radius 1 is 1.58 bits per heavy atom. The number of morpholine rings is 1. The largest absolute Gasteiger partial charge is 0.392 e. The monoisotopic (exact) mass is 271 g/mol. The number of rotatable bonds is 4. The molecule has 0 radical (unpaired) electrons. The lowest BCUT2D eigenvalue weighted by atomic mass is 10.1. The predicted octanol–water partition coefficient (Wildman–Crippen LogP) is -1.06. The Balaban J connectivity index is 1.65. The normalized spacial score (nSPS) is 31.3. The molecule has 19 heavy (non-hydrogen) atoms. The van der Waals surface area contributed by atoms with Gasteiger partial charge in [0.2, 0.25) is 5.91 Å². The van der Waals surface area contributed by atoms with Gasteiger partial charge in [0.05, 0.1) is 24.4 Å². The first-order valence-electron chi connectivity index (χ1n) is 7.02. The fraction of sp³-hybridized carbons (Fsp3) is 0.923. The van der Waals surface area contributed by atoms with Crippen LogP contribution in [0.2, 0.25) is 0 Å². The lowest BCUT2D eigenvalue weighted by Crippen LogP contribution is -2.51. The zero-order valence-corrected chi connectivity index (χ0v) is 11.8. The van der Waals surface area contributed by atoms with Gasteiger partial charge in [-0.25, -0.2) is 0 Å². The number of hydrogen-bond donors (Lipinski definition) is 3. The molecule has 2 fully saturated rings. The molecule has 0 saturated carbocycles. The minimum atomic E-state index is -0.393. The highest BCUT2D eigenvalue weighted by Crippen LogP contribution is 2.15. The van der Waals surface area contributed by atoms with E-state index in [1.54, 1.807) is 0 Å². The Labute approximate surface area is 114 Å². The van der Waals surface area contributed by atoms with E-state index in [2.05, 4.69) is 29.4 Å². The number of nitrogens with zero attached hydrogens (tertiary/aromatic N) is 1. The molecular formula is C13H25N3O3. The lowest BCUT2D eigenvalue weighted by Gasteiger charge is -2.38. The van der Waals surface area contributed by atoms with Crippen molar-refractivity contribution in [3.63, 3.8) is 0 Å². The summed E-state index contributed by atoms with van der Waals surface area (Å²) in [6.07, 6.45) is 0.118. The van der Waals surface area contributed by atoms with Gasteiger partial charge in [-0.3, -0.25) is 9.69 Å². The van der Waals surface area contributed by atoms with Gasteiger partial charge in [0, 0.05) is 32.7 Å². The molecule has 0 aromatic rings. The first-order valence-corrected chi connectivity index (χ1v) is 7.02. The lowest BCUT2D eigenvalue weighted by molar-refractivity contribution is -0.123. The second kappa shape index (κ2) is 6.17. The maximum absolute atomic E-state index is 11.8. The standard InChI is InChI=1S/C13H25N3O3/c1-13(2)9-16(5-6-19-13)4-3-14-12(18)11-7-10(17)8-15-11/h10-11,15,17H,3-9H2,1-2H3,(H,14,18). The van der Waals surface area contributed by atoms with Crippen LogP contribution in [0.3, 0.4) is 0 Å². The van der Waals surface area contributed by atoms with Crippen LogP contribution in [0.4, 0.5) is 0 Å².